The minimum atomic E-state index is 0.688. The van der Waals surface area contributed by atoms with Crippen LogP contribution in [0.15, 0.2) is 48.9 Å². The topological polar surface area (TPSA) is 28.7 Å². The molecular weight excluding hydrogens is 160 g/mol. The van der Waals surface area contributed by atoms with Crippen molar-refractivity contribution in [1.29, 1.82) is 0 Å². The molecule has 0 atom stereocenters. The molecule has 2 rings (SSSR count). The molecule has 0 saturated carbocycles. The van der Waals surface area contributed by atoms with Crippen LogP contribution >= 0.6 is 0 Å². The molecule has 0 aliphatic heterocycles. The number of rotatable bonds is 0. The second-order valence-corrected chi connectivity index (χ2v) is 2.24. The van der Waals surface area contributed by atoms with E-state index in [2.05, 4.69) is 15.9 Å². The molecule has 64 valence electrons. The predicted octanol–water partition coefficient (Wildman–Crippen LogP) is 2.08. The SMILES string of the molecule is C#Cc1ccccn1.c1cc[nH]c1. The van der Waals surface area contributed by atoms with Crippen molar-refractivity contribution in [2.24, 2.45) is 0 Å². The van der Waals surface area contributed by atoms with Crippen molar-refractivity contribution >= 4 is 0 Å². The second kappa shape index (κ2) is 5.62. The number of hydrogen-bond donors (Lipinski definition) is 1. The number of aromatic nitrogens is 2. The zero-order chi connectivity index (χ0) is 9.36. The fourth-order valence-electron chi connectivity index (χ4n) is 0.726. The molecule has 2 aromatic heterocycles. The third-order valence-corrected chi connectivity index (χ3v) is 1.31. The fourth-order valence-corrected chi connectivity index (χ4v) is 0.726. The number of pyridine rings is 1. The van der Waals surface area contributed by atoms with Crippen LogP contribution < -0.4 is 0 Å². The summed E-state index contributed by atoms with van der Waals surface area (Å²) in [6, 6.07) is 9.38. The Morgan fingerprint density at radius 2 is 1.92 bits per heavy atom. The summed E-state index contributed by atoms with van der Waals surface area (Å²) in [6.45, 7) is 0. The predicted molar refractivity (Wildman–Crippen MR) is 53.0 cm³/mol. The Morgan fingerprint density at radius 3 is 2.23 bits per heavy atom. The first kappa shape index (κ1) is 9.08. The van der Waals surface area contributed by atoms with Gasteiger partial charge in [-0.05, 0) is 24.3 Å². The Hall–Kier alpha value is -2.01. The van der Waals surface area contributed by atoms with E-state index in [0.717, 1.165) is 0 Å². The molecule has 0 fully saturated rings. The molecule has 0 spiro atoms. The van der Waals surface area contributed by atoms with Crippen LogP contribution in [0.3, 0.4) is 0 Å². The molecule has 13 heavy (non-hydrogen) atoms. The van der Waals surface area contributed by atoms with Crippen LogP contribution in [0.4, 0.5) is 0 Å². The summed E-state index contributed by atoms with van der Waals surface area (Å²) in [5, 5.41) is 0. The first-order valence-electron chi connectivity index (χ1n) is 3.89. The largest absolute Gasteiger partial charge is 0.368 e. The summed E-state index contributed by atoms with van der Waals surface area (Å²) in [7, 11) is 0. The summed E-state index contributed by atoms with van der Waals surface area (Å²) in [6.07, 6.45) is 10.5. The highest BCUT2D eigenvalue weighted by atomic mass is 14.6. The Balaban J connectivity index is 0.000000145. The molecule has 2 nitrogen and oxygen atoms in total. The van der Waals surface area contributed by atoms with Gasteiger partial charge in [0.15, 0.2) is 0 Å². The number of terminal acetylenes is 1. The van der Waals surface area contributed by atoms with Crippen molar-refractivity contribution in [2.45, 2.75) is 0 Å². The number of aromatic amines is 1. The number of nitrogens with one attached hydrogen (secondary N) is 1. The third-order valence-electron chi connectivity index (χ3n) is 1.31. The van der Waals surface area contributed by atoms with Gasteiger partial charge in [-0.25, -0.2) is 4.98 Å². The molecule has 2 heterocycles. The zero-order valence-electron chi connectivity index (χ0n) is 7.14. The van der Waals surface area contributed by atoms with Crippen molar-refractivity contribution in [3.63, 3.8) is 0 Å². The van der Waals surface area contributed by atoms with Crippen LogP contribution in [0.1, 0.15) is 5.69 Å². The Bertz CT molecular complexity index is 326. The molecule has 0 aliphatic rings. The van der Waals surface area contributed by atoms with E-state index < -0.39 is 0 Å². The monoisotopic (exact) mass is 170 g/mol. The van der Waals surface area contributed by atoms with Crippen LogP contribution in [-0.4, -0.2) is 9.97 Å². The molecule has 0 unspecified atom stereocenters. The van der Waals surface area contributed by atoms with Gasteiger partial charge in [0.1, 0.15) is 5.69 Å². The van der Waals surface area contributed by atoms with Crippen molar-refractivity contribution in [1.82, 2.24) is 9.97 Å². The molecule has 1 N–H and O–H groups in total. The summed E-state index contributed by atoms with van der Waals surface area (Å²) >= 11 is 0. The number of H-pyrrole nitrogens is 1. The van der Waals surface area contributed by atoms with E-state index in [1.807, 2.05) is 36.7 Å². The first-order valence-corrected chi connectivity index (χ1v) is 3.89. The van der Waals surface area contributed by atoms with Crippen molar-refractivity contribution in [3.8, 4) is 12.3 Å². The first-order chi connectivity index (χ1) is 6.43. The van der Waals surface area contributed by atoms with Gasteiger partial charge in [0, 0.05) is 18.6 Å². The zero-order valence-corrected chi connectivity index (χ0v) is 7.14. The van der Waals surface area contributed by atoms with Crippen molar-refractivity contribution in [3.05, 3.63) is 54.6 Å². The van der Waals surface area contributed by atoms with E-state index in [-0.39, 0.29) is 0 Å². The Kier molecular flexibility index (Phi) is 3.92. The van der Waals surface area contributed by atoms with E-state index in [9.17, 15) is 0 Å². The van der Waals surface area contributed by atoms with E-state index in [0.29, 0.717) is 5.69 Å². The van der Waals surface area contributed by atoms with Gasteiger partial charge in [0.2, 0.25) is 0 Å². The maximum absolute atomic E-state index is 5.04. The van der Waals surface area contributed by atoms with E-state index in [4.69, 9.17) is 6.42 Å². The van der Waals surface area contributed by atoms with Gasteiger partial charge in [-0.2, -0.15) is 0 Å². The lowest BCUT2D eigenvalue weighted by Crippen LogP contribution is -1.75. The average Bonchev–Trinajstić information content (AvgIpc) is 2.77. The summed E-state index contributed by atoms with van der Waals surface area (Å²) < 4.78 is 0. The van der Waals surface area contributed by atoms with Crippen LogP contribution in [0.25, 0.3) is 0 Å². The summed E-state index contributed by atoms with van der Waals surface area (Å²) in [5.41, 5.74) is 0.688. The highest BCUT2D eigenvalue weighted by molar-refractivity contribution is 5.22. The van der Waals surface area contributed by atoms with Gasteiger partial charge in [-0.15, -0.1) is 6.42 Å². The Labute approximate surface area is 77.7 Å². The van der Waals surface area contributed by atoms with Crippen molar-refractivity contribution in [2.75, 3.05) is 0 Å². The standard InChI is InChI=1S/C7H5N.C4H5N/c1-2-7-5-3-4-6-8-7;1-2-4-5-3-1/h1,3-6H;1-5H. The number of hydrogen-bond acceptors (Lipinski definition) is 1. The molecule has 0 saturated heterocycles. The minimum absolute atomic E-state index is 0.688. The molecule has 2 heteroatoms. The quantitative estimate of drug-likeness (QED) is 0.602. The van der Waals surface area contributed by atoms with E-state index >= 15 is 0 Å². The van der Waals surface area contributed by atoms with Gasteiger partial charge in [-0.1, -0.05) is 12.0 Å². The van der Waals surface area contributed by atoms with Gasteiger partial charge in [0.05, 0.1) is 0 Å². The second-order valence-electron chi connectivity index (χ2n) is 2.24. The molecule has 0 radical (unpaired) electrons. The highest BCUT2D eigenvalue weighted by Crippen LogP contribution is 1.86. The minimum Gasteiger partial charge on any atom is -0.368 e. The Morgan fingerprint density at radius 1 is 1.15 bits per heavy atom. The lowest BCUT2D eigenvalue weighted by molar-refractivity contribution is 1.29. The van der Waals surface area contributed by atoms with Gasteiger partial charge >= 0.3 is 0 Å². The molecule has 0 aromatic carbocycles. The summed E-state index contributed by atoms with van der Waals surface area (Å²) in [4.78, 5) is 6.72. The lowest BCUT2D eigenvalue weighted by Gasteiger charge is -1.81. The van der Waals surface area contributed by atoms with Crippen molar-refractivity contribution < 1.29 is 0 Å². The van der Waals surface area contributed by atoms with Crippen LogP contribution in [-0.2, 0) is 0 Å². The van der Waals surface area contributed by atoms with Gasteiger partial charge < -0.3 is 4.98 Å². The molecule has 2 aromatic rings. The maximum atomic E-state index is 5.04. The highest BCUT2D eigenvalue weighted by Gasteiger charge is 1.78. The maximum Gasteiger partial charge on any atom is 0.112 e. The van der Waals surface area contributed by atoms with Crippen LogP contribution in [0, 0.1) is 12.3 Å². The summed E-state index contributed by atoms with van der Waals surface area (Å²) in [5.74, 6) is 2.42. The van der Waals surface area contributed by atoms with Gasteiger partial charge in [0.25, 0.3) is 0 Å². The third kappa shape index (κ3) is 3.78. The molecule has 0 bridgehead atoms. The molecule has 0 aliphatic carbocycles. The van der Waals surface area contributed by atoms with Crippen LogP contribution in [0.2, 0.25) is 0 Å². The van der Waals surface area contributed by atoms with Crippen LogP contribution in [0.5, 0.6) is 0 Å². The van der Waals surface area contributed by atoms with E-state index in [1.165, 1.54) is 0 Å². The van der Waals surface area contributed by atoms with Gasteiger partial charge in [-0.3, -0.25) is 0 Å². The molecular formula is C11H10N2. The van der Waals surface area contributed by atoms with E-state index in [1.54, 1.807) is 12.3 Å². The molecule has 0 amide bonds. The smallest absolute Gasteiger partial charge is 0.112 e. The average molecular weight is 170 g/mol. The normalized spacial score (nSPS) is 7.92. The number of nitrogens with zero attached hydrogens (tertiary/aromatic N) is 1. The lowest BCUT2D eigenvalue weighted by atomic mass is 10.4. The fraction of sp³-hybridized carbons (Fsp3) is 0.